The molecule has 1 fully saturated rings. The van der Waals surface area contributed by atoms with Gasteiger partial charge in [0.2, 0.25) is 11.8 Å². The van der Waals surface area contributed by atoms with Gasteiger partial charge >= 0.3 is 0 Å². The van der Waals surface area contributed by atoms with Gasteiger partial charge < -0.3 is 15.5 Å². The summed E-state index contributed by atoms with van der Waals surface area (Å²) in [5.74, 6) is -0.680. The molecule has 2 N–H and O–H groups in total. The van der Waals surface area contributed by atoms with E-state index in [-0.39, 0.29) is 48.5 Å². The Balaban J connectivity index is 0.00000264. The molecule has 0 radical (unpaired) electrons. The van der Waals surface area contributed by atoms with Crippen LogP contribution in [-0.4, -0.2) is 42.4 Å². The van der Waals surface area contributed by atoms with Crippen LogP contribution in [0.15, 0.2) is 24.3 Å². The van der Waals surface area contributed by atoms with E-state index in [0.717, 1.165) is 13.0 Å². The molecule has 5 nitrogen and oxygen atoms in total. The molecule has 1 aromatic carbocycles. The fourth-order valence-corrected chi connectivity index (χ4v) is 2.50. The zero-order valence-corrected chi connectivity index (χ0v) is 14.2. The van der Waals surface area contributed by atoms with Crippen molar-refractivity contribution in [3.63, 3.8) is 0 Å². The number of rotatable bonds is 5. The number of benzene rings is 1. The van der Waals surface area contributed by atoms with Crippen LogP contribution in [0.1, 0.15) is 20.3 Å². The van der Waals surface area contributed by atoms with Gasteiger partial charge in [0, 0.05) is 18.3 Å². The van der Waals surface area contributed by atoms with E-state index in [1.807, 2.05) is 13.8 Å². The van der Waals surface area contributed by atoms with Crippen LogP contribution in [0, 0.1) is 11.7 Å². The van der Waals surface area contributed by atoms with Gasteiger partial charge in [-0.15, -0.1) is 12.4 Å². The van der Waals surface area contributed by atoms with Gasteiger partial charge in [0.15, 0.2) is 0 Å². The zero-order valence-electron chi connectivity index (χ0n) is 13.3. The number of nitrogens with zero attached hydrogens (tertiary/aromatic N) is 1. The van der Waals surface area contributed by atoms with E-state index >= 15 is 0 Å². The van der Waals surface area contributed by atoms with Gasteiger partial charge in [-0.25, -0.2) is 4.39 Å². The minimum Gasteiger partial charge on any atom is -0.331 e. The Kier molecular flexibility index (Phi) is 7.45. The lowest BCUT2D eigenvalue weighted by molar-refractivity contribution is -0.139. The normalized spacial score (nSPS) is 16.8. The van der Waals surface area contributed by atoms with Crippen LogP contribution in [0.2, 0.25) is 0 Å². The molecule has 0 spiro atoms. The van der Waals surface area contributed by atoms with E-state index in [2.05, 4.69) is 10.6 Å². The summed E-state index contributed by atoms with van der Waals surface area (Å²) in [6.07, 6.45) is 0.807. The Morgan fingerprint density at radius 1 is 1.35 bits per heavy atom. The summed E-state index contributed by atoms with van der Waals surface area (Å²) in [4.78, 5) is 26.2. The van der Waals surface area contributed by atoms with Crippen molar-refractivity contribution < 1.29 is 14.0 Å². The molecule has 7 heteroatoms. The molecule has 2 amide bonds. The van der Waals surface area contributed by atoms with E-state index in [4.69, 9.17) is 0 Å². The molecule has 0 bridgehead atoms. The average Bonchev–Trinajstić information content (AvgIpc) is 3.00. The van der Waals surface area contributed by atoms with Gasteiger partial charge in [-0.05, 0) is 51.1 Å². The number of hydrogen-bond donors (Lipinski definition) is 2. The third-order valence-corrected chi connectivity index (χ3v) is 3.76. The molecule has 1 heterocycles. The first kappa shape index (κ1) is 19.4. The first-order valence-electron chi connectivity index (χ1n) is 7.54. The number of amides is 2. The fourth-order valence-electron chi connectivity index (χ4n) is 2.50. The molecule has 1 atom stereocenters. The predicted molar refractivity (Wildman–Crippen MR) is 90.1 cm³/mol. The maximum absolute atomic E-state index is 12.8. The Morgan fingerprint density at radius 3 is 2.52 bits per heavy atom. The molecule has 1 unspecified atom stereocenters. The molecule has 23 heavy (non-hydrogen) atoms. The molecule has 1 aliphatic heterocycles. The number of hydrogen-bond acceptors (Lipinski definition) is 3. The van der Waals surface area contributed by atoms with E-state index in [9.17, 15) is 14.0 Å². The van der Waals surface area contributed by atoms with Crippen molar-refractivity contribution in [2.45, 2.75) is 26.3 Å². The maximum atomic E-state index is 12.8. The van der Waals surface area contributed by atoms with Gasteiger partial charge in [0.05, 0.1) is 5.92 Å². The molecule has 2 rings (SSSR count). The van der Waals surface area contributed by atoms with E-state index < -0.39 is 0 Å². The van der Waals surface area contributed by atoms with Gasteiger partial charge in [-0.3, -0.25) is 9.59 Å². The summed E-state index contributed by atoms with van der Waals surface area (Å²) in [5.41, 5.74) is 0.519. The number of halogens is 2. The Labute approximate surface area is 142 Å². The first-order valence-corrected chi connectivity index (χ1v) is 7.54. The van der Waals surface area contributed by atoms with Crippen LogP contribution in [0.25, 0.3) is 0 Å². The van der Waals surface area contributed by atoms with Gasteiger partial charge in [0.25, 0.3) is 0 Å². The van der Waals surface area contributed by atoms with Crippen molar-refractivity contribution in [3.05, 3.63) is 30.1 Å². The molecular weight excluding hydrogens is 321 g/mol. The van der Waals surface area contributed by atoms with Crippen molar-refractivity contribution in [3.8, 4) is 0 Å². The van der Waals surface area contributed by atoms with Crippen molar-refractivity contribution in [1.82, 2.24) is 10.2 Å². The van der Waals surface area contributed by atoms with Crippen molar-refractivity contribution in [2.24, 2.45) is 5.92 Å². The minimum atomic E-state index is -0.356. The lowest BCUT2D eigenvalue weighted by Crippen LogP contribution is -2.45. The number of nitrogens with one attached hydrogen (secondary N) is 2. The lowest BCUT2D eigenvalue weighted by Gasteiger charge is -2.28. The third kappa shape index (κ3) is 5.48. The highest BCUT2D eigenvalue weighted by atomic mass is 35.5. The van der Waals surface area contributed by atoms with Crippen molar-refractivity contribution >= 4 is 29.9 Å². The highest BCUT2D eigenvalue weighted by molar-refractivity contribution is 5.95. The second kappa shape index (κ2) is 8.84. The van der Waals surface area contributed by atoms with Gasteiger partial charge in [0.1, 0.15) is 12.4 Å². The monoisotopic (exact) mass is 343 g/mol. The van der Waals surface area contributed by atoms with E-state index in [1.165, 1.54) is 24.3 Å². The highest BCUT2D eigenvalue weighted by Crippen LogP contribution is 2.14. The quantitative estimate of drug-likeness (QED) is 0.860. The summed E-state index contributed by atoms with van der Waals surface area (Å²) < 4.78 is 12.8. The van der Waals surface area contributed by atoms with Crippen LogP contribution in [0.3, 0.4) is 0 Å². The average molecular weight is 344 g/mol. The molecule has 1 aliphatic rings. The second-order valence-corrected chi connectivity index (χ2v) is 5.80. The first-order chi connectivity index (χ1) is 10.5. The van der Waals surface area contributed by atoms with Crippen LogP contribution in [-0.2, 0) is 9.59 Å². The van der Waals surface area contributed by atoms with Crippen molar-refractivity contribution in [1.29, 1.82) is 0 Å². The number of carbonyl (C=O) groups is 2. The predicted octanol–water partition coefficient (Wildman–Crippen LogP) is 2.03. The van der Waals surface area contributed by atoms with Crippen LogP contribution in [0.5, 0.6) is 0 Å². The van der Waals surface area contributed by atoms with E-state index in [1.54, 1.807) is 4.90 Å². The van der Waals surface area contributed by atoms with Gasteiger partial charge in [-0.1, -0.05) is 0 Å². The Bertz CT molecular complexity index is 531. The molecular formula is C16H23ClFN3O2. The maximum Gasteiger partial charge on any atom is 0.244 e. The lowest BCUT2D eigenvalue weighted by atomic mass is 10.1. The summed E-state index contributed by atoms with van der Waals surface area (Å²) >= 11 is 0. The molecule has 0 aliphatic carbocycles. The topological polar surface area (TPSA) is 61.4 Å². The molecule has 1 saturated heterocycles. The molecule has 128 valence electrons. The standard InChI is InChI=1S/C16H22FN3O2.ClH/c1-11(2)20(16(22)12-7-8-18-9-12)10-15(21)19-14-5-3-13(17)4-6-14;/h3-6,11-12,18H,7-10H2,1-2H3,(H,19,21);1H. The summed E-state index contributed by atoms with van der Waals surface area (Å²) in [6, 6.07) is 5.51. The largest absolute Gasteiger partial charge is 0.331 e. The zero-order chi connectivity index (χ0) is 16.1. The number of carbonyl (C=O) groups excluding carboxylic acids is 2. The van der Waals surface area contributed by atoms with Crippen molar-refractivity contribution in [2.75, 3.05) is 25.0 Å². The Morgan fingerprint density at radius 2 is 2.00 bits per heavy atom. The Hall–Kier alpha value is -1.66. The third-order valence-electron chi connectivity index (χ3n) is 3.76. The fraction of sp³-hybridized carbons (Fsp3) is 0.500. The molecule has 0 saturated carbocycles. The molecule has 0 aromatic heterocycles. The minimum absolute atomic E-state index is 0. The highest BCUT2D eigenvalue weighted by Gasteiger charge is 2.29. The summed E-state index contributed by atoms with van der Waals surface area (Å²) in [6.45, 7) is 5.30. The van der Waals surface area contributed by atoms with Crippen LogP contribution < -0.4 is 10.6 Å². The van der Waals surface area contributed by atoms with Crippen LogP contribution in [0.4, 0.5) is 10.1 Å². The second-order valence-electron chi connectivity index (χ2n) is 5.80. The number of anilines is 1. The van der Waals surface area contributed by atoms with Gasteiger partial charge in [-0.2, -0.15) is 0 Å². The summed E-state index contributed by atoms with van der Waals surface area (Å²) in [5, 5.41) is 5.85. The smallest absolute Gasteiger partial charge is 0.244 e. The molecule has 1 aromatic rings. The van der Waals surface area contributed by atoms with Crippen LogP contribution >= 0.6 is 12.4 Å². The SMILES string of the molecule is CC(C)N(CC(=O)Nc1ccc(F)cc1)C(=O)C1CCNC1.Cl. The summed E-state index contributed by atoms with van der Waals surface area (Å²) in [7, 11) is 0. The van der Waals surface area contributed by atoms with E-state index in [0.29, 0.717) is 12.2 Å².